The number of ketones is 1. The Morgan fingerprint density at radius 1 is 1.24 bits per heavy atom. The lowest BCUT2D eigenvalue weighted by atomic mass is 9.85. The van der Waals surface area contributed by atoms with E-state index in [1.807, 2.05) is 10.6 Å². The zero-order valence-corrected chi connectivity index (χ0v) is 13.7. The predicted octanol–water partition coefficient (Wildman–Crippen LogP) is 1.84. The zero-order valence-electron chi connectivity index (χ0n) is 13.7. The molecule has 1 aromatic rings. The van der Waals surface area contributed by atoms with E-state index in [9.17, 15) is 19.5 Å². The summed E-state index contributed by atoms with van der Waals surface area (Å²) in [5, 5.41) is 21.9. The monoisotopic (exact) mass is 344 g/mol. The number of hydrogen-bond acceptors (Lipinski definition) is 4. The quantitative estimate of drug-likeness (QED) is 0.722. The lowest BCUT2D eigenvalue weighted by molar-refractivity contribution is -0.137. The Bertz CT molecular complexity index is 809. The van der Waals surface area contributed by atoms with Crippen LogP contribution in [-0.4, -0.2) is 39.0 Å². The molecule has 1 aromatic heterocycles. The minimum atomic E-state index is -1.20. The van der Waals surface area contributed by atoms with Crippen LogP contribution >= 0.6 is 0 Å². The number of Topliss-reactive ketones (excluding diaryl/α,β-unsaturated/α-hetero) is 1. The van der Waals surface area contributed by atoms with E-state index in [0.29, 0.717) is 24.5 Å². The van der Waals surface area contributed by atoms with E-state index >= 15 is 0 Å². The first-order valence-electron chi connectivity index (χ1n) is 8.66. The molecule has 1 spiro atoms. The number of fused-ring (bicyclic) bond motifs is 2. The van der Waals surface area contributed by atoms with Crippen molar-refractivity contribution in [3.63, 3.8) is 0 Å². The highest BCUT2D eigenvalue weighted by Gasteiger charge is 2.51. The van der Waals surface area contributed by atoms with Gasteiger partial charge in [-0.25, -0.2) is 0 Å². The number of rotatable bonds is 4. The third-order valence-electron chi connectivity index (χ3n) is 5.53. The second-order valence-corrected chi connectivity index (χ2v) is 7.12. The largest absolute Gasteiger partial charge is 0.509 e. The highest BCUT2D eigenvalue weighted by Crippen LogP contribution is 2.51. The molecule has 0 saturated heterocycles. The molecule has 3 aliphatic rings. The minimum Gasteiger partial charge on any atom is -0.509 e. The summed E-state index contributed by atoms with van der Waals surface area (Å²) in [5.74, 6) is -2.36. The van der Waals surface area contributed by atoms with E-state index in [2.05, 4.69) is 5.32 Å². The number of carbonyl (C=O) groups excluding carboxylic acids is 2. The number of hydrogen-bond donors (Lipinski definition) is 3. The molecule has 0 aromatic carbocycles. The van der Waals surface area contributed by atoms with Crippen molar-refractivity contribution >= 4 is 17.7 Å². The molecule has 25 heavy (non-hydrogen) atoms. The Morgan fingerprint density at radius 2 is 1.92 bits per heavy atom. The van der Waals surface area contributed by atoms with Gasteiger partial charge < -0.3 is 20.1 Å². The van der Waals surface area contributed by atoms with Crippen LogP contribution in [0, 0.1) is 0 Å². The van der Waals surface area contributed by atoms with Gasteiger partial charge in [-0.15, -0.1) is 0 Å². The summed E-state index contributed by atoms with van der Waals surface area (Å²) in [6.07, 6.45) is 5.30. The van der Waals surface area contributed by atoms with Crippen molar-refractivity contribution in [1.82, 2.24) is 9.88 Å². The molecule has 7 heteroatoms. The van der Waals surface area contributed by atoms with Gasteiger partial charge in [0.1, 0.15) is 23.4 Å². The summed E-state index contributed by atoms with van der Waals surface area (Å²) < 4.78 is 1.96. The molecule has 0 bridgehead atoms. The lowest BCUT2D eigenvalue weighted by Crippen LogP contribution is -2.45. The van der Waals surface area contributed by atoms with Gasteiger partial charge in [-0.3, -0.25) is 14.4 Å². The van der Waals surface area contributed by atoms with Crippen LogP contribution in [-0.2, 0) is 15.1 Å². The third kappa shape index (κ3) is 2.29. The van der Waals surface area contributed by atoms with Crippen molar-refractivity contribution in [2.75, 3.05) is 6.54 Å². The predicted molar refractivity (Wildman–Crippen MR) is 87.5 cm³/mol. The number of aliphatic carboxylic acids is 1. The highest BCUT2D eigenvalue weighted by atomic mass is 16.4. The molecule has 7 nitrogen and oxygen atoms in total. The number of aliphatic hydroxyl groups excluding tert-OH is 1. The molecule has 1 amide bonds. The fourth-order valence-corrected chi connectivity index (χ4v) is 4.25. The van der Waals surface area contributed by atoms with Crippen molar-refractivity contribution in [3.8, 4) is 0 Å². The average Bonchev–Trinajstić information content (AvgIpc) is 3.12. The van der Waals surface area contributed by atoms with Gasteiger partial charge in [-0.1, -0.05) is 12.8 Å². The molecule has 3 N–H and O–H groups in total. The number of allylic oxidation sites excluding steroid dienone is 1. The van der Waals surface area contributed by atoms with E-state index in [1.165, 1.54) is 0 Å². The molecule has 0 unspecified atom stereocenters. The maximum atomic E-state index is 12.9. The van der Waals surface area contributed by atoms with E-state index in [0.717, 1.165) is 31.4 Å². The molecule has 2 saturated carbocycles. The summed E-state index contributed by atoms with van der Waals surface area (Å²) in [6.45, 7) is -0.593. The summed E-state index contributed by atoms with van der Waals surface area (Å²) in [5.41, 5.74) is 0.417. The molecular weight excluding hydrogens is 324 g/mol. The molecule has 2 aliphatic carbocycles. The summed E-state index contributed by atoms with van der Waals surface area (Å²) >= 11 is 0. The van der Waals surface area contributed by atoms with E-state index in [-0.39, 0.29) is 11.3 Å². The number of carbonyl (C=O) groups is 3. The first-order valence-corrected chi connectivity index (χ1v) is 8.66. The fourth-order valence-electron chi connectivity index (χ4n) is 4.25. The number of nitrogens with zero attached hydrogens (tertiary/aromatic N) is 1. The van der Waals surface area contributed by atoms with Crippen LogP contribution in [0.4, 0.5) is 0 Å². The third-order valence-corrected chi connectivity index (χ3v) is 5.53. The van der Waals surface area contributed by atoms with Crippen molar-refractivity contribution in [2.24, 2.45) is 0 Å². The molecule has 2 heterocycles. The average molecular weight is 344 g/mol. The fraction of sp³-hybridized carbons (Fsp3) is 0.500. The van der Waals surface area contributed by atoms with E-state index in [1.54, 1.807) is 6.07 Å². The zero-order chi connectivity index (χ0) is 17.8. The SMILES string of the molecule is O=C(O)CNC(=O)C1=C(O)C2(CCCC2)n2c(ccc2C2CC2)C1=O. The van der Waals surface area contributed by atoms with Crippen LogP contribution in [0.5, 0.6) is 0 Å². The second kappa shape index (κ2) is 5.47. The Morgan fingerprint density at radius 3 is 2.52 bits per heavy atom. The molecule has 0 atom stereocenters. The van der Waals surface area contributed by atoms with Crippen LogP contribution in [0.25, 0.3) is 0 Å². The normalized spacial score (nSPS) is 21.5. The van der Waals surface area contributed by atoms with Gasteiger partial charge in [-0.05, 0) is 43.7 Å². The van der Waals surface area contributed by atoms with Crippen LogP contribution in [0.2, 0.25) is 0 Å². The number of carboxylic acid groups (broad SMARTS) is 1. The maximum absolute atomic E-state index is 12.9. The van der Waals surface area contributed by atoms with Crippen LogP contribution in [0.15, 0.2) is 23.5 Å². The standard InChI is InChI=1S/C18H20N2O5/c21-13(22)9-19-17(25)14-15(23)12-6-5-11(10-3-4-10)20(12)18(16(14)24)7-1-2-8-18/h5-6,10,24H,1-4,7-9H2,(H,19,25)(H,21,22). The topological polar surface area (TPSA) is 109 Å². The van der Waals surface area contributed by atoms with Gasteiger partial charge in [-0.2, -0.15) is 0 Å². The van der Waals surface area contributed by atoms with Gasteiger partial charge in [0.05, 0.1) is 5.69 Å². The van der Waals surface area contributed by atoms with Gasteiger partial charge in [0.15, 0.2) is 0 Å². The smallest absolute Gasteiger partial charge is 0.322 e. The van der Waals surface area contributed by atoms with Gasteiger partial charge in [0, 0.05) is 5.69 Å². The minimum absolute atomic E-state index is 0.205. The Labute approximate surface area is 144 Å². The molecule has 1 aliphatic heterocycles. The summed E-state index contributed by atoms with van der Waals surface area (Å²) in [4.78, 5) is 36.0. The van der Waals surface area contributed by atoms with Crippen LogP contribution in [0.1, 0.15) is 60.6 Å². The van der Waals surface area contributed by atoms with Gasteiger partial charge in [0.25, 0.3) is 5.91 Å². The lowest BCUT2D eigenvalue weighted by Gasteiger charge is -2.38. The first kappa shape index (κ1) is 15.9. The highest BCUT2D eigenvalue weighted by molar-refractivity contribution is 6.26. The summed E-state index contributed by atoms with van der Waals surface area (Å²) in [7, 11) is 0. The van der Waals surface area contributed by atoms with Crippen molar-refractivity contribution < 1.29 is 24.6 Å². The number of aliphatic hydroxyl groups is 1. The number of nitrogens with one attached hydrogen (secondary N) is 1. The van der Waals surface area contributed by atoms with Crippen molar-refractivity contribution in [2.45, 2.75) is 50.0 Å². The number of amides is 1. The van der Waals surface area contributed by atoms with Crippen molar-refractivity contribution in [3.05, 3.63) is 34.9 Å². The molecule has 132 valence electrons. The summed E-state index contributed by atoms with van der Waals surface area (Å²) in [6, 6.07) is 3.66. The van der Waals surface area contributed by atoms with Crippen LogP contribution < -0.4 is 5.32 Å². The molecular formula is C18H20N2O5. The second-order valence-electron chi connectivity index (χ2n) is 7.12. The Hall–Kier alpha value is -2.57. The van der Waals surface area contributed by atoms with Gasteiger partial charge in [0.2, 0.25) is 5.78 Å². The van der Waals surface area contributed by atoms with Crippen LogP contribution in [0.3, 0.4) is 0 Å². The van der Waals surface area contributed by atoms with Crippen molar-refractivity contribution in [1.29, 1.82) is 0 Å². The molecule has 0 radical (unpaired) electrons. The Kier molecular flexibility index (Phi) is 3.49. The molecule has 2 fully saturated rings. The molecule has 4 rings (SSSR count). The van der Waals surface area contributed by atoms with E-state index < -0.39 is 29.7 Å². The first-order chi connectivity index (χ1) is 12.0. The number of carboxylic acids is 1. The number of aromatic nitrogens is 1. The maximum Gasteiger partial charge on any atom is 0.322 e. The van der Waals surface area contributed by atoms with E-state index in [4.69, 9.17) is 5.11 Å². The van der Waals surface area contributed by atoms with Gasteiger partial charge >= 0.3 is 5.97 Å². The Balaban J connectivity index is 1.82.